The molecule has 0 aliphatic carbocycles. The molecule has 0 aromatic carbocycles. The Morgan fingerprint density at radius 2 is 2.10 bits per heavy atom. The van der Waals surface area contributed by atoms with Crippen molar-refractivity contribution >= 4 is 10.2 Å². The van der Waals surface area contributed by atoms with Crippen molar-refractivity contribution in [2.24, 2.45) is 5.92 Å². The van der Waals surface area contributed by atoms with Crippen LogP contribution in [0.5, 0.6) is 0 Å². The number of piperidine rings is 1. The van der Waals surface area contributed by atoms with Gasteiger partial charge in [-0.1, -0.05) is 0 Å². The minimum atomic E-state index is -3.37. The maximum atomic E-state index is 12.2. The van der Waals surface area contributed by atoms with Crippen molar-refractivity contribution in [2.45, 2.75) is 12.8 Å². The number of hydrogen-bond acceptors (Lipinski definition) is 5. The van der Waals surface area contributed by atoms with E-state index in [1.54, 1.807) is 4.31 Å². The number of likely N-dealkylation sites (N-methyl/N-ethyl adjacent to an activating group) is 1. The quantitative estimate of drug-likeness (QED) is 0.522. The molecule has 1 unspecified atom stereocenters. The molecule has 1 rings (SSSR count). The van der Waals surface area contributed by atoms with Gasteiger partial charge in [-0.3, -0.25) is 0 Å². The Kier molecular flexibility index (Phi) is 8.69. The number of hydrogen-bond donors (Lipinski definition) is 2. The van der Waals surface area contributed by atoms with Crippen LogP contribution in [0.15, 0.2) is 0 Å². The van der Waals surface area contributed by atoms with E-state index >= 15 is 0 Å². The Labute approximate surface area is 129 Å². The fraction of sp³-hybridized carbons (Fsp3) is 1.00. The van der Waals surface area contributed by atoms with Gasteiger partial charge >= 0.3 is 0 Å². The summed E-state index contributed by atoms with van der Waals surface area (Å²) in [6.45, 7) is 4.24. The van der Waals surface area contributed by atoms with E-state index in [0.29, 0.717) is 38.8 Å². The minimum absolute atomic E-state index is 0.322. The molecule has 0 saturated carbocycles. The predicted molar refractivity (Wildman–Crippen MR) is 84.5 cm³/mol. The van der Waals surface area contributed by atoms with E-state index in [4.69, 9.17) is 4.74 Å². The third-order valence-electron chi connectivity index (χ3n) is 3.53. The molecule has 1 aliphatic heterocycles. The van der Waals surface area contributed by atoms with Crippen LogP contribution in [0, 0.1) is 5.92 Å². The lowest BCUT2D eigenvalue weighted by atomic mass is 10.00. The molecule has 0 aromatic rings. The van der Waals surface area contributed by atoms with Crippen LogP contribution in [0.2, 0.25) is 0 Å². The number of nitrogens with zero attached hydrogens (tertiary/aromatic N) is 2. The summed E-state index contributed by atoms with van der Waals surface area (Å²) in [6, 6.07) is 0. The topological polar surface area (TPSA) is 73.9 Å². The van der Waals surface area contributed by atoms with Gasteiger partial charge in [-0.05, 0) is 46.4 Å². The van der Waals surface area contributed by atoms with Crippen molar-refractivity contribution in [1.29, 1.82) is 0 Å². The zero-order chi connectivity index (χ0) is 15.7. The zero-order valence-corrected chi connectivity index (χ0v) is 14.3. The first-order valence-electron chi connectivity index (χ1n) is 7.57. The van der Waals surface area contributed by atoms with Crippen LogP contribution in [-0.4, -0.2) is 84.7 Å². The Morgan fingerprint density at radius 1 is 1.33 bits per heavy atom. The van der Waals surface area contributed by atoms with Crippen LogP contribution in [0.1, 0.15) is 12.8 Å². The molecule has 0 spiro atoms. The fourth-order valence-corrected chi connectivity index (χ4v) is 3.68. The third kappa shape index (κ3) is 7.53. The van der Waals surface area contributed by atoms with E-state index in [2.05, 4.69) is 10.0 Å². The zero-order valence-electron chi connectivity index (χ0n) is 13.5. The highest BCUT2D eigenvalue weighted by molar-refractivity contribution is 7.87. The van der Waals surface area contributed by atoms with Gasteiger partial charge in [-0.15, -0.1) is 0 Å². The van der Waals surface area contributed by atoms with Crippen LogP contribution in [-0.2, 0) is 14.9 Å². The monoisotopic (exact) mass is 322 g/mol. The summed E-state index contributed by atoms with van der Waals surface area (Å²) in [5, 5.41) is 3.12. The summed E-state index contributed by atoms with van der Waals surface area (Å²) >= 11 is 0. The molecule has 0 amide bonds. The first-order chi connectivity index (χ1) is 9.95. The second-order valence-electron chi connectivity index (χ2n) is 5.74. The van der Waals surface area contributed by atoms with Gasteiger partial charge in [0.1, 0.15) is 0 Å². The number of rotatable bonds is 10. The lowest BCUT2D eigenvalue weighted by Crippen LogP contribution is -2.48. The van der Waals surface area contributed by atoms with Gasteiger partial charge in [0.15, 0.2) is 0 Å². The molecular formula is C13H30N4O3S. The normalized spacial score (nSPS) is 21.0. The summed E-state index contributed by atoms with van der Waals surface area (Å²) in [7, 11) is 2.48. The van der Waals surface area contributed by atoms with E-state index in [-0.39, 0.29) is 0 Å². The molecule has 2 N–H and O–H groups in total. The van der Waals surface area contributed by atoms with Crippen molar-refractivity contribution in [2.75, 3.05) is 67.1 Å². The largest absolute Gasteiger partial charge is 0.379 e. The molecule has 1 aliphatic rings. The SMILES string of the molecule is CNCC1CCCN(S(=O)(=O)NCCOCCN(C)C)C1. The summed E-state index contributed by atoms with van der Waals surface area (Å²) < 4.78 is 34.0. The lowest BCUT2D eigenvalue weighted by Gasteiger charge is -2.31. The summed E-state index contributed by atoms with van der Waals surface area (Å²) in [6.07, 6.45) is 2.01. The maximum absolute atomic E-state index is 12.2. The van der Waals surface area contributed by atoms with E-state index in [9.17, 15) is 8.42 Å². The molecule has 1 heterocycles. The average Bonchev–Trinajstić information content (AvgIpc) is 2.43. The third-order valence-corrected chi connectivity index (χ3v) is 5.11. The molecule has 8 heteroatoms. The van der Waals surface area contributed by atoms with Crippen LogP contribution >= 0.6 is 0 Å². The van der Waals surface area contributed by atoms with E-state index in [0.717, 1.165) is 25.9 Å². The molecule has 1 atom stereocenters. The molecule has 126 valence electrons. The second kappa shape index (κ2) is 9.70. The number of nitrogens with one attached hydrogen (secondary N) is 2. The fourth-order valence-electron chi connectivity index (χ4n) is 2.38. The van der Waals surface area contributed by atoms with Gasteiger partial charge in [0.25, 0.3) is 10.2 Å². The van der Waals surface area contributed by atoms with Gasteiger partial charge in [0.2, 0.25) is 0 Å². The molecule has 7 nitrogen and oxygen atoms in total. The van der Waals surface area contributed by atoms with E-state index in [1.165, 1.54) is 0 Å². The highest BCUT2D eigenvalue weighted by Crippen LogP contribution is 2.17. The molecule has 1 saturated heterocycles. The summed E-state index contributed by atoms with van der Waals surface area (Å²) in [5.41, 5.74) is 0. The van der Waals surface area contributed by atoms with Crippen LogP contribution in [0.3, 0.4) is 0 Å². The van der Waals surface area contributed by atoms with Crippen molar-refractivity contribution in [3.8, 4) is 0 Å². The highest BCUT2D eigenvalue weighted by atomic mass is 32.2. The summed E-state index contributed by atoms with van der Waals surface area (Å²) in [5.74, 6) is 0.400. The van der Waals surface area contributed by atoms with Crippen LogP contribution < -0.4 is 10.0 Å². The molecule has 0 aromatic heterocycles. The molecule has 0 radical (unpaired) electrons. The van der Waals surface area contributed by atoms with Crippen molar-refractivity contribution < 1.29 is 13.2 Å². The lowest BCUT2D eigenvalue weighted by molar-refractivity contribution is 0.122. The Hall–Kier alpha value is -0.250. The number of ether oxygens (including phenoxy) is 1. The molecule has 21 heavy (non-hydrogen) atoms. The molecule has 1 fully saturated rings. The summed E-state index contributed by atoms with van der Waals surface area (Å²) in [4.78, 5) is 2.03. The van der Waals surface area contributed by atoms with Crippen molar-refractivity contribution in [1.82, 2.24) is 19.2 Å². The first kappa shape index (κ1) is 18.8. The Bertz CT molecular complexity index is 374. The first-order valence-corrected chi connectivity index (χ1v) is 9.01. The van der Waals surface area contributed by atoms with Crippen molar-refractivity contribution in [3.05, 3.63) is 0 Å². The van der Waals surface area contributed by atoms with E-state index in [1.807, 2.05) is 26.0 Å². The van der Waals surface area contributed by atoms with Crippen LogP contribution in [0.4, 0.5) is 0 Å². The van der Waals surface area contributed by atoms with Crippen molar-refractivity contribution in [3.63, 3.8) is 0 Å². The van der Waals surface area contributed by atoms with E-state index < -0.39 is 10.2 Å². The maximum Gasteiger partial charge on any atom is 0.279 e. The highest BCUT2D eigenvalue weighted by Gasteiger charge is 2.28. The van der Waals surface area contributed by atoms with Gasteiger partial charge in [0.05, 0.1) is 13.2 Å². The van der Waals surface area contributed by atoms with Gasteiger partial charge in [-0.2, -0.15) is 17.4 Å². The van der Waals surface area contributed by atoms with Gasteiger partial charge in [-0.25, -0.2) is 0 Å². The Morgan fingerprint density at radius 3 is 2.76 bits per heavy atom. The molecular weight excluding hydrogens is 292 g/mol. The average molecular weight is 322 g/mol. The smallest absolute Gasteiger partial charge is 0.279 e. The second-order valence-corrected chi connectivity index (χ2v) is 7.49. The molecule has 0 bridgehead atoms. The minimum Gasteiger partial charge on any atom is -0.379 e. The Balaban J connectivity index is 2.26. The van der Waals surface area contributed by atoms with Crippen LogP contribution in [0.25, 0.3) is 0 Å². The van der Waals surface area contributed by atoms with Gasteiger partial charge < -0.3 is 15.0 Å². The predicted octanol–water partition coefficient (Wildman–Crippen LogP) is -0.670. The standard InChI is InChI=1S/C13H30N4O3S/c1-14-11-13-5-4-7-17(12-13)21(18,19)15-6-9-20-10-8-16(2)3/h13-15H,4-12H2,1-3H3. The van der Waals surface area contributed by atoms with Gasteiger partial charge in [0, 0.05) is 26.2 Å².